The van der Waals surface area contributed by atoms with Crippen molar-refractivity contribution in [3.8, 4) is 0 Å². The monoisotopic (exact) mass is 369 g/mol. The number of nitrogens with one attached hydrogen (secondary N) is 1. The van der Waals surface area contributed by atoms with Crippen LogP contribution in [0.3, 0.4) is 0 Å². The molecule has 1 amide bonds. The number of aryl methyl sites for hydroxylation is 2. The van der Waals surface area contributed by atoms with Crippen molar-refractivity contribution in [3.63, 3.8) is 0 Å². The van der Waals surface area contributed by atoms with Crippen molar-refractivity contribution in [2.75, 3.05) is 6.54 Å². The second kappa shape index (κ2) is 8.66. The third kappa shape index (κ3) is 4.64. The molecule has 1 aromatic carbocycles. The lowest BCUT2D eigenvalue weighted by Crippen LogP contribution is -2.27. The average molecular weight is 369 g/mol. The van der Waals surface area contributed by atoms with Gasteiger partial charge in [-0.05, 0) is 48.7 Å². The topological polar surface area (TPSA) is 60.1 Å². The molecule has 0 saturated carbocycles. The first-order valence-corrected chi connectivity index (χ1v) is 9.18. The Hall–Kier alpha value is -2.89. The Morgan fingerprint density at radius 2 is 2.07 bits per heavy atom. The molecular weight excluding hydrogens is 345 g/mol. The fourth-order valence-electron chi connectivity index (χ4n) is 3.20. The van der Waals surface area contributed by atoms with E-state index >= 15 is 0 Å². The molecule has 6 heteroatoms. The maximum absolute atomic E-state index is 13.2. The van der Waals surface area contributed by atoms with E-state index in [4.69, 9.17) is 4.42 Å². The quantitative estimate of drug-likeness (QED) is 0.651. The fraction of sp³-hybridized carbons (Fsp3) is 0.333. The minimum absolute atomic E-state index is 0.0527. The second-order valence-corrected chi connectivity index (χ2v) is 6.56. The molecule has 3 rings (SSSR count). The van der Waals surface area contributed by atoms with Crippen molar-refractivity contribution >= 4 is 5.91 Å². The second-order valence-electron chi connectivity index (χ2n) is 6.56. The number of rotatable bonds is 8. The first-order chi connectivity index (χ1) is 13.1. The van der Waals surface area contributed by atoms with Crippen LogP contribution in [0.2, 0.25) is 0 Å². The van der Waals surface area contributed by atoms with Gasteiger partial charge < -0.3 is 9.73 Å². The van der Waals surface area contributed by atoms with Crippen LogP contribution in [0.4, 0.5) is 4.39 Å². The molecule has 1 atom stereocenters. The SMILES string of the molecule is CCCc1cc(C(=O)NCCC(c2ccc(F)cc2)c2ccco2)n(C)n1. The van der Waals surface area contributed by atoms with Gasteiger partial charge in [-0.3, -0.25) is 9.48 Å². The van der Waals surface area contributed by atoms with Crippen LogP contribution in [-0.4, -0.2) is 22.2 Å². The molecule has 0 aliphatic rings. The van der Waals surface area contributed by atoms with Gasteiger partial charge in [0, 0.05) is 19.5 Å². The van der Waals surface area contributed by atoms with E-state index in [-0.39, 0.29) is 17.6 Å². The van der Waals surface area contributed by atoms with E-state index in [0.29, 0.717) is 18.7 Å². The summed E-state index contributed by atoms with van der Waals surface area (Å²) in [4.78, 5) is 12.5. The Bertz CT molecular complexity index is 869. The summed E-state index contributed by atoms with van der Waals surface area (Å²) in [7, 11) is 1.78. The lowest BCUT2D eigenvalue weighted by Gasteiger charge is -2.15. The Morgan fingerprint density at radius 1 is 1.30 bits per heavy atom. The molecule has 142 valence electrons. The molecule has 5 nitrogen and oxygen atoms in total. The number of carbonyl (C=O) groups is 1. The van der Waals surface area contributed by atoms with Gasteiger partial charge in [-0.25, -0.2) is 4.39 Å². The van der Waals surface area contributed by atoms with E-state index in [0.717, 1.165) is 29.9 Å². The summed E-state index contributed by atoms with van der Waals surface area (Å²) in [6.45, 7) is 2.55. The van der Waals surface area contributed by atoms with Crippen LogP contribution in [0.15, 0.2) is 53.1 Å². The van der Waals surface area contributed by atoms with Crippen LogP contribution in [-0.2, 0) is 13.5 Å². The first kappa shape index (κ1) is 18.9. The van der Waals surface area contributed by atoms with Gasteiger partial charge >= 0.3 is 0 Å². The van der Waals surface area contributed by atoms with E-state index in [1.807, 2.05) is 18.2 Å². The molecule has 0 saturated heterocycles. The molecule has 1 N–H and O–H groups in total. The fourth-order valence-corrected chi connectivity index (χ4v) is 3.20. The largest absolute Gasteiger partial charge is 0.469 e. The van der Waals surface area contributed by atoms with E-state index in [1.165, 1.54) is 12.1 Å². The van der Waals surface area contributed by atoms with Gasteiger partial charge in [0.05, 0.1) is 12.0 Å². The zero-order valence-corrected chi connectivity index (χ0v) is 15.6. The minimum atomic E-state index is -0.274. The summed E-state index contributed by atoms with van der Waals surface area (Å²) in [6, 6.07) is 11.9. The molecule has 1 unspecified atom stereocenters. The van der Waals surface area contributed by atoms with Crippen molar-refractivity contribution in [2.45, 2.75) is 32.1 Å². The third-order valence-corrected chi connectivity index (χ3v) is 4.55. The van der Waals surface area contributed by atoms with Crippen LogP contribution in [0.5, 0.6) is 0 Å². The van der Waals surface area contributed by atoms with Crippen LogP contribution < -0.4 is 5.32 Å². The number of amides is 1. The summed E-state index contributed by atoms with van der Waals surface area (Å²) in [5.41, 5.74) is 2.42. The van der Waals surface area contributed by atoms with Gasteiger partial charge in [0.2, 0.25) is 0 Å². The van der Waals surface area contributed by atoms with Gasteiger partial charge in [-0.1, -0.05) is 25.5 Å². The number of carbonyl (C=O) groups excluding carboxylic acids is 1. The number of benzene rings is 1. The number of aromatic nitrogens is 2. The summed E-state index contributed by atoms with van der Waals surface area (Å²) in [5, 5.41) is 7.32. The molecule has 0 radical (unpaired) electrons. The van der Waals surface area contributed by atoms with Crippen molar-refractivity contribution < 1.29 is 13.6 Å². The Kier molecular flexibility index (Phi) is 6.06. The Labute approximate surface area is 158 Å². The molecule has 27 heavy (non-hydrogen) atoms. The van der Waals surface area contributed by atoms with Crippen LogP contribution in [0.25, 0.3) is 0 Å². The molecule has 0 aliphatic heterocycles. The van der Waals surface area contributed by atoms with E-state index in [1.54, 1.807) is 30.1 Å². The van der Waals surface area contributed by atoms with Crippen molar-refractivity contribution in [1.29, 1.82) is 0 Å². The highest BCUT2D eigenvalue weighted by Gasteiger charge is 2.18. The van der Waals surface area contributed by atoms with E-state index in [2.05, 4.69) is 17.3 Å². The van der Waals surface area contributed by atoms with Gasteiger partial charge in [-0.15, -0.1) is 0 Å². The zero-order chi connectivity index (χ0) is 19.2. The molecule has 0 bridgehead atoms. The number of halogens is 1. The minimum Gasteiger partial charge on any atom is -0.469 e. The summed E-state index contributed by atoms with van der Waals surface area (Å²) in [6.07, 6.45) is 4.10. The van der Waals surface area contributed by atoms with Gasteiger partial charge in [0.15, 0.2) is 0 Å². The smallest absolute Gasteiger partial charge is 0.269 e. The van der Waals surface area contributed by atoms with Gasteiger partial charge in [0.1, 0.15) is 17.3 Å². The number of furan rings is 1. The van der Waals surface area contributed by atoms with Crippen LogP contribution in [0.1, 0.15) is 53.2 Å². The summed E-state index contributed by atoms with van der Waals surface area (Å²) < 4.78 is 20.4. The first-order valence-electron chi connectivity index (χ1n) is 9.18. The Balaban J connectivity index is 1.65. The number of hydrogen-bond acceptors (Lipinski definition) is 3. The molecular formula is C21H24FN3O2. The van der Waals surface area contributed by atoms with Gasteiger partial charge in [0.25, 0.3) is 5.91 Å². The molecule has 3 aromatic rings. The predicted molar refractivity (Wildman–Crippen MR) is 101 cm³/mol. The molecule has 0 fully saturated rings. The maximum atomic E-state index is 13.2. The molecule has 0 aliphatic carbocycles. The lowest BCUT2D eigenvalue weighted by molar-refractivity contribution is 0.0943. The van der Waals surface area contributed by atoms with E-state index < -0.39 is 0 Å². The highest BCUT2D eigenvalue weighted by atomic mass is 19.1. The molecule has 2 aromatic heterocycles. The predicted octanol–water partition coefficient (Wildman–Crippen LogP) is 4.06. The van der Waals surface area contributed by atoms with Crippen LogP contribution >= 0.6 is 0 Å². The third-order valence-electron chi connectivity index (χ3n) is 4.55. The molecule has 0 spiro atoms. The van der Waals surface area contributed by atoms with Crippen molar-refractivity contribution in [3.05, 3.63) is 77.3 Å². The van der Waals surface area contributed by atoms with E-state index in [9.17, 15) is 9.18 Å². The van der Waals surface area contributed by atoms with Crippen molar-refractivity contribution in [2.24, 2.45) is 7.05 Å². The number of hydrogen-bond donors (Lipinski definition) is 1. The molecule has 2 heterocycles. The maximum Gasteiger partial charge on any atom is 0.269 e. The lowest BCUT2D eigenvalue weighted by atomic mass is 9.93. The summed E-state index contributed by atoms with van der Waals surface area (Å²) in [5.74, 6) is 0.318. The standard InChI is InChI=1S/C21H24FN3O2/c1-3-5-17-14-19(25(2)24-17)21(26)23-12-11-18(20-6-4-13-27-20)15-7-9-16(22)10-8-15/h4,6-10,13-14,18H,3,5,11-12H2,1-2H3,(H,23,26). The van der Waals surface area contributed by atoms with Gasteiger partial charge in [-0.2, -0.15) is 5.10 Å². The summed E-state index contributed by atoms with van der Waals surface area (Å²) >= 11 is 0. The Morgan fingerprint density at radius 3 is 2.74 bits per heavy atom. The highest BCUT2D eigenvalue weighted by Crippen LogP contribution is 2.28. The highest BCUT2D eigenvalue weighted by molar-refractivity contribution is 5.92. The number of nitrogens with zero attached hydrogens (tertiary/aromatic N) is 2. The zero-order valence-electron chi connectivity index (χ0n) is 15.6. The van der Waals surface area contributed by atoms with Crippen molar-refractivity contribution in [1.82, 2.24) is 15.1 Å². The van der Waals surface area contributed by atoms with Crippen LogP contribution in [0, 0.1) is 5.82 Å². The average Bonchev–Trinajstić information content (AvgIpc) is 3.30. The normalized spacial score (nSPS) is 12.1.